The molecule has 6 nitrogen and oxygen atoms in total. The first-order valence-electron chi connectivity index (χ1n) is 7.58. The highest BCUT2D eigenvalue weighted by atomic mass is 32.1. The van der Waals surface area contributed by atoms with Crippen LogP contribution < -0.4 is 5.32 Å². The Balaban J connectivity index is 1.45. The van der Waals surface area contributed by atoms with E-state index in [4.69, 9.17) is 4.52 Å². The van der Waals surface area contributed by atoms with Crippen molar-refractivity contribution in [1.29, 1.82) is 0 Å². The molecule has 1 unspecified atom stereocenters. The van der Waals surface area contributed by atoms with Crippen LogP contribution in [0.15, 0.2) is 46.6 Å². The molecular formula is C16H16N4O2S. The zero-order valence-electron chi connectivity index (χ0n) is 12.4. The summed E-state index contributed by atoms with van der Waals surface area (Å²) in [6, 6.07) is 7.65. The monoisotopic (exact) mass is 328 g/mol. The molecule has 0 bridgehead atoms. The molecule has 0 radical (unpaired) electrons. The Kier molecular flexibility index (Phi) is 3.70. The second-order valence-electron chi connectivity index (χ2n) is 5.62. The third kappa shape index (κ3) is 3.05. The standard InChI is InChI=1S/C16H16N4O2S/c21-16(12-9-14(22-19-12)11-4-5-11)17-10-13(15-3-1-8-23-15)20-7-2-6-18-20/h1-3,6-9,11,13H,4-5,10H2,(H,17,21). The van der Waals surface area contributed by atoms with E-state index in [0.29, 0.717) is 18.2 Å². The molecule has 1 N–H and O–H groups in total. The predicted octanol–water partition coefficient (Wildman–Crippen LogP) is 2.83. The van der Waals surface area contributed by atoms with Gasteiger partial charge in [-0.3, -0.25) is 9.48 Å². The van der Waals surface area contributed by atoms with Crippen molar-refractivity contribution in [2.75, 3.05) is 6.54 Å². The van der Waals surface area contributed by atoms with Gasteiger partial charge in [-0.25, -0.2) is 0 Å². The SMILES string of the molecule is O=C(NCC(c1cccs1)n1cccn1)c1cc(C2CC2)on1. The number of carbonyl (C=O) groups excluding carboxylic acids is 1. The zero-order chi connectivity index (χ0) is 15.6. The Bertz CT molecular complexity index is 741. The van der Waals surface area contributed by atoms with Gasteiger partial charge in [0.15, 0.2) is 5.69 Å². The van der Waals surface area contributed by atoms with Gasteiger partial charge in [-0.05, 0) is 30.4 Å². The van der Waals surface area contributed by atoms with Crippen LogP contribution in [0, 0.1) is 0 Å². The number of aromatic nitrogens is 3. The van der Waals surface area contributed by atoms with Crippen molar-refractivity contribution >= 4 is 17.2 Å². The summed E-state index contributed by atoms with van der Waals surface area (Å²) in [6.45, 7) is 0.451. The molecule has 1 amide bonds. The number of nitrogens with one attached hydrogen (secondary N) is 1. The fourth-order valence-corrected chi connectivity index (χ4v) is 3.33. The average molecular weight is 328 g/mol. The van der Waals surface area contributed by atoms with E-state index in [1.54, 1.807) is 23.6 Å². The van der Waals surface area contributed by atoms with Gasteiger partial charge in [0, 0.05) is 35.8 Å². The summed E-state index contributed by atoms with van der Waals surface area (Å²) in [5.74, 6) is 1.05. The van der Waals surface area contributed by atoms with Crippen molar-refractivity contribution < 1.29 is 9.32 Å². The lowest BCUT2D eigenvalue weighted by Crippen LogP contribution is -2.31. The lowest BCUT2D eigenvalue weighted by atomic mass is 10.2. The lowest BCUT2D eigenvalue weighted by Gasteiger charge is -2.16. The average Bonchev–Trinajstić information content (AvgIpc) is 3.06. The molecule has 4 rings (SSSR count). The molecule has 0 spiro atoms. The van der Waals surface area contributed by atoms with Crippen molar-refractivity contribution in [3.8, 4) is 0 Å². The molecule has 0 aromatic carbocycles. The van der Waals surface area contributed by atoms with Crippen LogP contribution in [0.5, 0.6) is 0 Å². The smallest absolute Gasteiger partial charge is 0.273 e. The number of nitrogens with zero attached hydrogens (tertiary/aromatic N) is 3. The summed E-state index contributed by atoms with van der Waals surface area (Å²) in [5, 5.41) is 13.1. The Morgan fingerprint density at radius 3 is 3.09 bits per heavy atom. The molecule has 0 aliphatic heterocycles. The Labute approximate surface area is 137 Å². The number of hydrogen-bond acceptors (Lipinski definition) is 5. The molecule has 1 saturated carbocycles. The molecule has 1 aliphatic rings. The van der Waals surface area contributed by atoms with Crippen LogP contribution in [0.4, 0.5) is 0 Å². The molecule has 3 aromatic rings. The first-order valence-corrected chi connectivity index (χ1v) is 8.46. The van der Waals surface area contributed by atoms with Crippen molar-refractivity contribution in [3.63, 3.8) is 0 Å². The molecule has 118 valence electrons. The van der Waals surface area contributed by atoms with Gasteiger partial charge in [-0.2, -0.15) is 5.10 Å². The minimum absolute atomic E-state index is 0.0243. The molecule has 23 heavy (non-hydrogen) atoms. The highest BCUT2D eigenvalue weighted by Gasteiger charge is 2.29. The van der Waals surface area contributed by atoms with Crippen molar-refractivity contribution in [3.05, 3.63) is 58.4 Å². The van der Waals surface area contributed by atoms with Crippen LogP contribution in [0.1, 0.15) is 45.9 Å². The predicted molar refractivity (Wildman–Crippen MR) is 85.5 cm³/mol. The third-order valence-electron chi connectivity index (χ3n) is 3.91. The highest BCUT2D eigenvalue weighted by Crippen LogP contribution is 2.40. The second kappa shape index (κ2) is 6.00. The molecule has 0 saturated heterocycles. The summed E-state index contributed by atoms with van der Waals surface area (Å²) < 4.78 is 7.09. The lowest BCUT2D eigenvalue weighted by molar-refractivity contribution is 0.0940. The maximum Gasteiger partial charge on any atom is 0.273 e. The molecule has 3 heterocycles. The van der Waals surface area contributed by atoms with Crippen LogP contribution in [0.3, 0.4) is 0 Å². The number of hydrogen-bond donors (Lipinski definition) is 1. The summed E-state index contributed by atoms with van der Waals surface area (Å²) in [4.78, 5) is 13.4. The van der Waals surface area contributed by atoms with Gasteiger partial charge in [0.2, 0.25) is 0 Å². The van der Waals surface area contributed by atoms with Gasteiger partial charge in [-0.15, -0.1) is 11.3 Å². The molecule has 1 aliphatic carbocycles. The Hall–Kier alpha value is -2.41. The number of amides is 1. The normalized spacial score (nSPS) is 15.5. The van der Waals surface area contributed by atoms with Gasteiger partial charge in [0.05, 0.1) is 0 Å². The van der Waals surface area contributed by atoms with E-state index < -0.39 is 0 Å². The third-order valence-corrected chi connectivity index (χ3v) is 4.89. The van der Waals surface area contributed by atoms with Gasteiger partial charge < -0.3 is 9.84 Å². The quantitative estimate of drug-likeness (QED) is 0.755. The van der Waals surface area contributed by atoms with E-state index in [0.717, 1.165) is 23.5 Å². The molecule has 1 fully saturated rings. The molecular weight excluding hydrogens is 312 g/mol. The van der Waals surface area contributed by atoms with Crippen LogP contribution in [0.25, 0.3) is 0 Å². The van der Waals surface area contributed by atoms with Crippen LogP contribution in [-0.2, 0) is 0 Å². The Morgan fingerprint density at radius 2 is 2.39 bits per heavy atom. The molecule has 1 atom stereocenters. The number of thiophene rings is 1. The molecule has 7 heteroatoms. The topological polar surface area (TPSA) is 73.0 Å². The summed E-state index contributed by atoms with van der Waals surface area (Å²) in [5.41, 5.74) is 0.345. The fourth-order valence-electron chi connectivity index (χ4n) is 2.51. The van der Waals surface area contributed by atoms with E-state index in [1.165, 1.54) is 0 Å². The van der Waals surface area contributed by atoms with Crippen LogP contribution >= 0.6 is 11.3 Å². The van der Waals surface area contributed by atoms with Crippen molar-refractivity contribution in [2.24, 2.45) is 0 Å². The second-order valence-corrected chi connectivity index (χ2v) is 6.60. The molecule has 3 aromatic heterocycles. The summed E-state index contributed by atoms with van der Waals surface area (Å²) in [7, 11) is 0. The Morgan fingerprint density at radius 1 is 1.48 bits per heavy atom. The van der Waals surface area contributed by atoms with E-state index in [2.05, 4.69) is 15.6 Å². The van der Waals surface area contributed by atoms with Crippen molar-refractivity contribution in [1.82, 2.24) is 20.3 Å². The minimum atomic E-state index is -0.214. The minimum Gasteiger partial charge on any atom is -0.360 e. The first kappa shape index (κ1) is 14.2. The van der Waals surface area contributed by atoms with Crippen LogP contribution in [-0.4, -0.2) is 27.4 Å². The van der Waals surface area contributed by atoms with E-state index in [1.807, 2.05) is 34.5 Å². The van der Waals surface area contributed by atoms with Gasteiger partial charge in [0.1, 0.15) is 11.8 Å². The van der Waals surface area contributed by atoms with Gasteiger partial charge >= 0.3 is 0 Å². The fraction of sp³-hybridized carbons (Fsp3) is 0.312. The maximum absolute atomic E-state index is 12.3. The summed E-state index contributed by atoms with van der Waals surface area (Å²) in [6.07, 6.45) is 5.88. The van der Waals surface area contributed by atoms with Gasteiger partial charge in [-0.1, -0.05) is 11.2 Å². The first-order chi connectivity index (χ1) is 11.3. The number of rotatable bonds is 6. The van der Waals surface area contributed by atoms with E-state index in [-0.39, 0.29) is 11.9 Å². The zero-order valence-corrected chi connectivity index (χ0v) is 13.2. The van der Waals surface area contributed by atoms with Crippen molar-refractivity contribution in [2.45, 2.75) is 24.8 Å². The van der Waals surface area contributed by atoms with Crippen LogP contribution in [0.2, 0.25) is 0 Å². The highest BCUT2D eigenvalue weighted by molar-refractivity contribution is 7.10. The van der Waals surface area contributed by atoms with E-state index in [9.17, 15) is 4.79 Å². The van der Waals surface area contributed by atoms with E-state index >= 15 is 0 Å². The van der Waals surface area contributed by atoms with Gasteiger partial charge in [0.25, 0.3) is 5.91 Å². The largest absolute Gasteiger partial charge is 0.360 e. The maximum atomic E-state index is 12.3. The number of carbonyl (C=O) groups is 1. The summed E-state index contributed by atoms with van der Waals surface area (Å²) >= 11 is 1.65.